The molecule has 3 heterocycles. The Morgan fingerprint density at radius 3 is 3.03 bits per heavy atom. The van der Waals surface area contributed by atoms with Gasteiger partial charge in [0.15, 0.2) is 10.3 Å². The smallest absolute Gasteiger partial charge is 0.231 e. The number of amides is 2. The van der Waals surface area contributed by atoms with Crippen molar-refractivity contribution < 1.29 is 14.0 Å². The topological polar surface area (TPSA) is 87.2 Å². The van der Waals surface area contributed by atoms with Crippen LogP contribution in [0.3, 0.4) is 0 Å². The van der Waals surface area contributed by atoms with Crippen LogP contribution in [0.5, 0.6) is 0 Å². The van der Waals surface area contributed by atoms with Crippen LogP contribution < -0.4 is 15.5 Å². The van der Waals surface area contributed by atoms with Crippen LogP contribution in [0.25, 0.3) is 10.2 Å². The zero-order valence-electron chi connectivity index (χ0n) is 15.8. The summed E-state index contributed by atoms with van der Waals surface area (Å²) in [5.74, 6) is -0.656. The Morgan fingerprint density at radius 1 is 1.34 bits per heavy atom. The Labute approximate surface area is 175 Å². The van der Waals surface area contributed by atoms with E-state index in [2.05, 4.69) is 25.5 Å². The van der Waals surface area contributed by atoms with E-state index in [-0.39, 0.29) is 30.0 Å². The molecule has 152 valence electrons. The molecule has 0 spiro atoms. The Morgan fingerprint density at radius 2 is 2.21 bits per heavy atom. The summed E-state index contributed by atoms with van der Waals surface area (Å²) in [7, 11) is 1.58. The summed E-state index contributed by atoms with van der Waals surface area (Å²) in [6.07, 6.45) is 1.86. The number of halogens is 1. The number of rotatable bonds is 5. The number of piperidine rings is 1. The van der Waals surface area contributed by atoms with E-state index in [1.54, 1.807) is 18.5 Å². The number of benzene rings is 1. The summed E-state index contributed by atoms with van der Waals surface area (Å²) in [6, 6.07) is 4.58. The van der Waals surface area contributed by atoms with Gasteiger partial charge in [-0.15, -0.1) is 11.3 Å². The number of anilines is 2. The van der Waals surface area contributed by atoms with E-state index < -0.39 is 0 Å². The summed E-state index contributed by atoms with van der Waals surface area (Å²) in [4.78, 5) is 35.2. The number of likely N-dealkylation sites (N-methyl/N-ethyl adjacent to an activating group) is 1. The van der Waals surface area contributed by atoms with Gasteiger partial charge in [-0.3, -0.25) is 9.59 Å². The van der Waals surface area contributed by atoms with Crippen molar-refractivity contribution in [2.24, 2.45) is 5.92 Å². The maximum Gasteiger partial charge on any atom is 0.231 e. The summed E-state index contributed by atoms with van der Waals surface area (Å²) in [5, 5.41) is 8.52. The van der Waals surface area contributed by atoms with Gasteiger partial charge in [-0.25, -0.2) is 14.4 Å². The van der Waals surface area contributed by atoms with Gasteiger partial charge in [0, 0.05) is 25.5 Å². The van der Waals surface area contributed by atoms with Crippen LogP contribution in [0.15, 0.2) is 23.6 Å². The number of hydrogen-bond acceptors (Lipinski definition) is 7. The molecular formula is C19H20FN5O2S2. The third-order valence-corrected chi connectivity index (χ3v) is 6.69. The molecule has 1 saturated heterocycles. The number of carbonyl (C=O) groups is 2. The van der Waals surface area contributed by atoms with E-state index >= 15 is 0 Å². The second-order valence-corrected chi connectivity index (χ2v) is 8.74. The van der Waals surface area contributed by atoms with Crippen LogP contribution in [0, 0.1) is 11.7 Å². The molecule has 0 bridgehead atoms. The van der Waals surface area contributed by atoms with Gasteiger partial charge >= 0.3 is 0 Å². The van der Waals surface area contributed by atoms with E-state index in [0.29, 0.717) is 17.4 Å². The van der Waals surface area contributed by atoms with E-state index in [1.807, 2.05) is 0 Å². The number of fused-ring (bicyclic) bond motifs is 1. The average Bonchev–Trinajstić information content (AvgIpc) is 3.34. The number of nitrogens with zero attached hydrogens (tertiary/aromatic N) is 3. The molecule has 29 heavy (non-hydrogen) atoms. The molecule has 1 unspecified atom stereocenters. The predicted octanol–water partition coefficient (Wildman–Crippen LogP) is 3.04. The molecule has 3 aromatic rings. The van der Waals surface area contributed by atoms with Crippen molar-refractivity contribution in [1.29, 1.82) is 0 Å². The molecular weight excluding hydrogens is 413 g/mol. The normalized spacial score (nSPS) is 16.8. The molecule has 0 aliphatic carbocycles. The molecule has 2 aromatic heterocycles. The lowest BCUT2D eigenvalue weighted by Gasteiger charge is -2.31. The molecule has 1 aliphatic rings. The Kier molecular flexibility index (Phi) is 5.72. The van der Waals surface area contributed by atoms with Gasteiger partial charge in [0.2, 0.25) is 11.8 Å². The standard InChI is InChI=1S/C19H20FN5O2S2/c1-21-16(26)8-13-10-28-18(22-13)24-17(27)11-3-2-6-25(9-11)19-23-14-5-4-12(20)7-15(14)29-19/h4-5,7,10-11H,2-3,6,8-9H2,1H3,(H,21,26)(H,22,24,27). The molecule has 4 rings (SSSR count). The minimum Gasteiger partial charge on any atom is -0.359 e. The highest BCUT2D eigenvalue weighted by atomic mass is 32.1. The van der Waals surface area contributed by atoms with Crippen LogP contribution in [0.4, 0.5) is 14.7 Å². The minimum absolute atomic E-state index is 0.0808. The Hall–Kier alpha value is -2.59. The van der Waals surface area contributed by atoms with Gasteiger partial charge < -0.3 is 15.5 Å². The van der Waals surface area contributed by atoms with Gasteiger partial charge in [-0.2, -0.15) is 0 Å². The number of hydrogen-bond donors (Lipinski definition) is 2. The predicted molar refractivity (Wildman–Crippen MR) is 113 cm³/mol. The minimum atomic E-state index is -0.275. The lowest BCUT2D eigenvalue weighted by atomic mass is 9.97. The van der Waals surface area contributed by atoms with E-state index in [9.17, 15) is 14.0 Å². The zero-order valence-corrected chi connectivity index (χ0v) is 17.4. The second kappa shape index (κ2) is 8.42. The Balaban J connectivity index is 1.41. The van der Waals surface area contributed by atoms with E-state index in [0.717, 1.165) is 34.7 Å². The van der Waals surface area contributed by atoms with Gasteiger partial charge in [-0.05, 0) is 31.0 Å². The fraction of sp³-hybridized carbons (Fsp3) is 0.368. The highest BCUT2D eigenvalue weighted by Crippen LogP contribution is 2.32. The van der Waals surface area contributed by atoms with Crippen LogP contribution in [0.2, 0.25) is 0 Å². The zero-order chi connectivity index (χ0) is 20.4. The first-order chi connectivity index (χ1) is 14.0. The van der Waals surface area contributed by atoms with Crippen LogP contribution >= 0.6 is 22.7 Å². The number of carbonyl (C=O) groups excluding carboxylic acids is 2. The fourth-order valence-electron chi connectivity index (χ4n) is 3.29. The van der Waals surface area contributed by atoms with Crippen molar-refractivity contribution in [3.63, 3.8) is 0 Å². The van der Waals surface area contributed by atoms with Gasteiger partial charge in [-0.1, -0.05) is 11.3 Å². The molecule has 7 nitrogen and oxygen atoms in total. The van der Waals surface area contributed by atoms with Crippen molar-refractivity contribution in [3.8, 4) is 0 Å². The highest BCUT2D eigenvalue weighted by Gasteiger charge is 2.28. The van der Waals surface area contributed by atoms with Gasteiger partial charge in [0.05, 0.1) is 28.2 Å². The third kappa shape index (κ3) is 4.54. The van der Waals surface area contributed by atoms with Crippen molar-refractivity contribution in [3.05, 3.63) is 35.1 Å². The van der Waals surface area contributed by atoms with E-state index in [4.69, 9.17) is 0 Å². The molecule has 2 N–H and O–H groups in total. The second-order valence-electron chi connectivity index (χ2n) is 6.88. The maximum absolute atomic E-state index is 13.4. The molecule has 2 amide bonds. The van der Waals surface area contributed by atoms with Crippen LogP contribution in [-0.4, -0.2) is 41.9 Å². The van der Waals surface area contributed by atoms with Crippen molar-refractivity contribution in [2.75, 3.05) is 30.4 Å². The molecule has 1 atom stereocenters. The van der Waals surface area contributed by atoms with E-state index in [1.165, 1.54) is 34.8 Å². The quantitative estimate of drug-likeness (QED) is 0.646. The summed E-state index contributed by atoms with van der Waals surface area (Å²) in [6.45, 7) is 1.38. The van der Waals surface area contributed by atoms with Crippen molar-refractivity contribution >= 4 is 55.0 Å². The highest BCUT2D eigenvalue weighted by molar-refractivity contribution is 7.22. The fourth-order valence-corrected chi connectivity index (χ4v) is 5.03. The lowest BCUT2D eigenvalue weighted by molar-refractivity contribution is -0.120. The molecule has 1 aliphatic heterocycles. The number of thiazole rings is 2. The molecule has 0 saturated carbocycles. The third-order valence-electron chi connectivity index (χ3n) is 4.80. The number of nitrogens with one attached hydrogen (secondary N) is 2. The van der Waals surface area contributed by atoms with Crippen LogP contribution in [-0.2, 0) is 16.0 Å². The summed E-state index contributed by atoms with van der Waals surface area (Å²) >= 11 is 2.76. The molecule has 1 fully saturated rings. The SMILES string of the molecule is CNC(=O)Cc1csc(NC(=O)C2CCCN(c3nc4ccc(F)cc4s3)C2)n1. The van der Waals surface area contributed by atoms with Crippen molar-refractivity contribution in [1.82, 2.24) is 15.3 Å². The monoisotopic (exact) mass is 433 g/mol. The number of aromatic nitrogens is 2. The summed E-state index contributed by atoms with van der Waals surface area (Å²) < 4.78 is 14.2. The molecule has 1 aromatic carbocycles. The lowest BCUT2D eigenvalue weighted by Crippen LogP contribution is -2.40. The van der Waals surface area contributed by atoms with Crippen molar-refractivity contribution in [2.45, 2.75) is 19.3 Å². The first-order valence-electron chi connectivity index (χ1n) is 9.28. The largest absolute Gasteiger partial charge is 0.359 e. The molecule has 0 radical (unpaired) electrons. The Bertz CT molecular complexity index is 1050. The summed E-state index contributed by atoms with van der Waals surface area (Å²) in [5.41, 5.74) is 1.40. The van der Waals surface area contributed by atoms with Crippen LogP contribution in [0.1, 0.15) is 18.5 Å². The average molecular weight is 434 g/mol. The first kappa shape index (κ1) is 19.7. The molecule has 10 heteroatoms. The van der Waals surface area contributed by atoms with Gasteiger partial charge in [0.25, 0.3) is 0 Å². The van der Waals surface area contributed by atoms with Gasteiger partial charge in [0.1, 0.15) is 5.82 Å². The first-order valence-corrected chi connectivity index (χ1v) is 11.0. The maximum atomic E-state index is 13.4.